The van der Waals surface area contributed by atoms with Gasteiger partial charge in [0.2, 0.25) is 0 Å². The third-order valence-corrected chi connectivity index (χ3v) is 4.89. The van der Waals surface area contributed by atoms with Gasteiger partial charge >= 0.3 is 0 Å². The van der Waals surface area contributed by atoms with Gasteiger partial charge in [-0.1, -0.05) is 32.0 Å². The average molecular weight is 287 g/mol. The van der Waals surface area contributed by atoms with Crippen LogP contribution in [0.2, 0.25) is 0 Å². The molecule has 0 unspecified atom stereocenters. The van der Waals surface area contributed by atoms with Crippen LogP contribution in [0.4, 0.5) is 0 Å². The summed E-state index contributed by atoms with van der Waals surface area (Å²) in [5.41, 5.74) is 6.14. The minimum absolute atomic E-state index is 0.0187. The Morgan fingerprint density at radius 2 is 1.95 bits per heavy atom. The second kappa shape index (κ2) is 5.24. The molecule has 2 fully saturated rings. The van der Waals surface area contributed by atoms with E-state index in [1.165, 1.54) is 12.8 Å². The highest BCUT2D eigenvalue weighted by atomic mass is 16.5. The molecule has 3 rings (SSSR count). The van der Waals surface area contributed by atoms with E-state index in [2.05, 4.69) is 18.7 Å². The zero-order chi connectivity index (χ0) is 15.0. The quantitative estimate of drug-likeness (QED) is 0.684. The first-order valence-electron chi connectivity index (χ1n) is 7.76. The molecule has 2 aliphatic rings. The van der Waals surface area contributed by atoms with Gasteiger partial charge in [0.25, 0.3) is 0 Å². The molecular weight excluding hydrogens is 262 g/mol. The van der Waals surface area contributed by atoms with Crippen molar-refractivity contribution < 1.29 is 4.74 Å². The van der Waals surface area contributed by atoms with Crippen molar-refractivity contribution in [3.8, 4) is 5.75 Å². The van der Waals surface area contributed by atoms with Crippen molar-refractivity contribution in [3.63, 3.8) is 0 Å². The topological polar surface area (TPSA) is 50.8 Å². The fourth-order valence-corrected chi connectivity index (χ4v) is 2.85. The van der Waals surface area contributed by atoms with Crippen LogP contribution < -0.4 is 10.5 Å². The van der Waals surface area contributed by atoms with E-state index < -0.39 is 0 Å². The zero-order valence-corrected chi connectivity index (χ0v) is 13.1. The van der Waals surface area contributed by atoms with Gasteiger partial charge in [0.15, 0.2) is 5.96 Å². The molecule has 2 N–H and O–H groups in total. The van der Waals surface area contributed by atoms with E-state index in [4.69, 9.17) is 15.5 Å². The first-order valence-corrected chi connectivity index (χ1v) is 7.76. The lowest BCUT2D eigenvalue weighted by Crippen LogP contribution is -2.56. The maximum atomic E-state index is 6.12. The Morgan fingerprint density at radius 1 is 1.29 bits per heavy atom. The monoisotopic (exact) mass is 287 g/mol. The highest BCUT2D eigenvalue weighted by molar-refractivity contribution is 5.78. The molecule has 21 heavy (non-hydrogen) atoms. The molecule has 0 aromatic heterocycles. The number of guanidine groups is 1. The standard InChI is InChI=1S/C17H25N3O/c1-17(2)14(19-16(18)20(3)12-9-10-12)11-15(17)21-13-7-5-4-6-8-13/h4-8,12,14-15H,9-11H2,1-3H3,(H2,18,19)/t14-,15+/m0/s1. The van der Waals surface area contributed by atoms with E-state index in [1.807, 2.05) is 37.4 Å². The van der Waals surface area contributed by atoms with Crippen LogP contribution in [0, 0.1) is 5.41 Å². The molecule has 0 bridgehead atoms. The Morgan fingerprint density at radius 3 is 2.52 bits per heavy atom. The van der Waals surface area contributed by atoms with Crippen molar-refractivity contribution in [1.82, 2.24) is 4.90 Å². The summed E-state index contributed by atoms with van der Waals surface area (Å²) in [5.74, 6) is 1.61. The van der Waals surface area contributed by atoms with Crippen molar-refractivity contribution in [2.24, 2.45) is 16.1 Å². The molecule has 0 saturated heterocycles. The van der Waals surface area contributed by atoms with E-state index >= 15 is 0 Å². The molecule has 2 aliphatic carbocycles. The van der Waals surface area contributed by atoms with Gasteiger partial charge in [0, 0.05) is 24.9 Å². The van der Waals surface area contributed by atoms with Gasteiger partial charge in [0.1, 0.15) is 11.9 Å². The largest absolute Gasteiger partial charge is 0.490 e. The van der Waals surface area contributed by atoms with Crippen LogP contribution >= 0.6 is 0 Å². The van der Waals surface area contributed by atoms with Gasteiger partial charge in [-0.3, -0.25) is 0 Å². The number of ether oxygens (including phenoxy) is 1. The van der Waals surface area contributed by atoms with Crippen molar-refractivity contribution in [1.29, 1.82) is 0 Å². The van der Waals surface area contributed by atoms with Crippen LogP contribution in [0.25, 0.3) is 0 Å². The molecule has 0 aliphatic heterocycles. The van der Waals surface area contributed by atoms with Gasteiger partial charge in [-0.25, -0.2) is 4.99 Å². The summed E-state index contributed by atoms with van der Waals surface area (Å²) in [4.78, 5) is 6.84. The molecule has 1 aromatic rings. The Kier molecular flexibility index (Phi) is 3.56. The Hall–Kier alpha value is -1.71. The normalized spacial score (nSPS) is 27.9. The van der Waals surface area contributed by atoms with E-state index in [0.717, 1.165) is 12.2 Å². The van der Waals surface area contributed by atoms with Crippen molar-refractivity contribution in [2.45, 2.75) is 51.3 Å². The molecule has 114 valence electrons. The maximum absolute atomic E-state index is 6.12. The summed E-state index contributed by atoms with van der Waals surface area (Å²) in [5, 5.41) is 0. The summed E-state index contributed by atoms with van der Waals surface area (Å²) in [6.45, 7) is 4.42. The Labute approximate surface area is 127 Å². The number of rotatable bonds is 4. The maximum Gasteiger partial charge on any atom is 0.191 e. The molecule has 0 radical (unpaired) electrons. The number of aliphatic imine (C=N–C) groups is 1. The SMILES string of the molecule is CN(C(N)=N[C@H]1C[C@@H](Oc2ccccc2)C1(C)C)C1CC1. The third kappa shape index (κ3) is 2.85. The summed E-state index contributed by atoms with van der Waals surface area (Å²) in [6, 6.07) is 10.9. The smallest absolute Gasteiger partial charge is 0.191 e. The first-order chi connectivity index (χ1) is 9.98. The zero-order valence-electron chi connectivity index (χ0n) is 13.1. The Balaban J connectivity index is 1.61. The van der Waals surface area contributed by atoms with Gasteiger partial charge in [-0.2, -0.15) is 0 Å². The van der Waals surface area contributed by atoms with Crippen molar-refractivity contribution in [3.05, 3.63) is 30.3 Å². The third-order valence-electron chi connectivity index (χ3n) is 4.89. The molecule has 0 spiro atoms. The molecular formula is C17H25N3O. The minimum Gasteiger partial charge on any atom is -0.490 e. The highest BCUT2D eigenvalue weighted by Crippen LogP contribution is 2.45. The lowest BCUT2D eigenvalue weighted by atomic mass is 9.64. The first kappa shape index (κ1) is 14.2. The number of nitrogens with zero attached hydrogens (tertiary/aromatic N) is 2. The highest BCUT2D eigenvalue weighted by Gasteiger charge is 2.50. The molecule has 2 atom stereocenters. The van der Waals surface area contributed by atoms with Crippen LogP contribution in [0.5, 0.6) is 5.75 Å². The number of hydrogen-bond donors (Lipinski definition) is 1. The van der Waals surface area contributed by atoms with E-state index in [0.29, 0.717) is 12.0 Å². The van der Waals surface area contributed by atoms with Crippen LogP contribution in [0.3, 0.4) is 0 Å². The second-order valence-electron chi connectivity index (χ2n) is 6.82. The summed E-state index contributed by atoms with van der Waals surface area (Å²) in [6.07, 6.45) is 3.61. The van der Waals surface area contributed by atoms with Gasteiger partial charge < -0.3 is 15.4 Å². The second-order valence-corrected chi connectivity index (χ2v) is 6.82. The predicted molar refractivity (Wildman–Crippen MR) is 85.5 cm³/mol. The van der Waals surface area contributed by atoms with Crippen molar-refractivity contribution >= 4 is 5.96 Å². The number of para-hydroxylation sites is 1. The predicted octanol–water partition coefficient (Wildman–Crippen LogP) is 2.64. The fourth-order valence-electron chi connectivity index (χ4n) is 2.85. The van der Waals surface area contributed by atoms with E-state index in [9.17, 15) is 0 Å². The van der Waals surface area contributed by atoms with Crippen LogP contribution in [-0.4, -0.2) is 36.1 Å². The molecule has 4 nitrogen and oxygen atoms in total. The van der Waals surface area contributed by atoms with Gasteiger partial charge in [-0.15, -0.1) is 0 Å². The summed E-state index contributed by atoms with van der Waals surface area (Å²) in [7, 11) is 2.04. The molecule has 4 heteroatoms. The lowest BCUT2D eigenvalue weighted by Gasteiger charge is -2.49. The van der Waals surface area contributed by atoms with Gasteiger partial charge in [0.05, 0.1) is 6.04 Å². The lowest BCUT2D eigenvalue weighted by molar-refractivity contribution is -0.0393. The van der Waals surface area contributed by atoms with E-state index in [-0.39, 0.29) is 17.6 Å². The Bertz CT molecular complexity index is 522. The number of benzene rings is 1. The van der Waals surface area contributed by atoms with Gasteiger partial charge in [-0.05, 0) is 25.0 Å². The summed E-state index contributed by atoms with van der Waals surface area (Å²) >= 11 is 0. The number of hydrogen-bond acceptors (Lipinski definition) is 2. The molecule has 0 amide bonds. The number of nitrogens with two attached hydrogens (primary N) is 1. The molecule has 1 aromatic carbocycles. The van der Waals surface area contributed by atoms with Crippen LogP contribution in [-0.2, 0) is 0 Å². The average Bonchev–Trinajstić information content (AvgIpc) is 3.31. The van der Waals surface area contributed by atoms with Crippen LogP contribution in [0.1, 0.15) is 33.1 Å². The van der Waals surface area contributed by atoms with E-state index in [1.54, 1.807) is 0 Å². The molecule has 0 heterocycles. The summed E-state index contributed by atoms with van der Waals surface area (Å²) < 4.78 is 6.07. The van der Waals surface area contributed by atoms with Crippen molar-refractivity contribution in [2.75, 3.05) is 7.05 Å². The fraction of sp³-hybridized carbons (Fsp3) is 0.588. The molecule has 2 saturated carbocycles. The van der Waals surface area contributed by atoms with Crippen LogP contribution in [0.15, 0.2) is 35.3 Å². The minimum atomic E-state index is 0.0187.